The third-order valence-electron chi connectivity index (χ3n) is 8.07. The fourth-order valence-corrected chi connectivity index (χ4v) is 5.66. The molecule has 2 aliphatic heterocycles. The minimum Gasteiger partial charge on any atom is -0.381 e. The molecular formula is C29H37FN4O2. The first-order valence-corrected chi connectivity index (χ1v) is 13.2. The Morgan fingerprint density at radius 2 is 1.92 bits per heavy atom. The van der Waals surface area contributed by atoms with Gasteiger partial charge in [0.25, 0.3) is 5.91 Å². The van der Waals surface area contributed by atoms with Crippen molar-refractivity contribution < 1.29 is 13.9 Å². The van der Waals surface area contributed by atoms with Gasteiger partial charge in [0.1, 0.15) is 5.82 Å². The molecule has 0 aliphatic carbocycles. The summed E-state index contributed by atoms with van der Waals surface area (Å²) < 4.78 is 21.9. The normalized spacial score (nSPS) is 18.2. The topological polar surface area (TPSA) is 50.6 Å². The van der Waals surface area contributed by atoms with Gasteiger partial charge in [0.15, 0.2) is 0 Å². The van der Waals surface area contributed by atoms with E-state index in [2.05, 4.69) is 22.1 Å². The Morgan fingerprint density at radius 1 is 1.17 bits per heavy atom. The van der Waals surface area contributed by atoms with Crippen LogP contribution in [0.1, 0.15) is 61.4 Å². The SMILES string of the molecule is CC(C)N(C)C(=O)c1cc(F)ccc1-n1cc(C2CCN(CC3CCOCC3)CC2)c2ccncc21. The Balaban J connectivity index is 1.44. The fraction of sp³-hybridized carbons (Fsp3) is 0.517. The number of rotatable bonds is 6. The Kier molecular flexibility index (Phi) is 7.39. The summed E-state index contributed by atoms with van der Waals surface area (Å²) in [6, 6.07) is 6.58. The zero-order valence-corrected chi connectivity index (χ0v) is 21.6. The van der Waals surface area contributed by atoms with Crippen LogP contribution in [0.15, 0.2) is 42.9 Å². The van der Waals surface area contributed by atoms with E-state index in [-0.39, 0.29) is 11.9 Å². The Labute approximate surface area is 213 Å². The highest BCUT2D eigenvalue weighted by Crippen LogP contribution is 2.36. The number of carbonyl (C=O) groups excluding carboxylic acids is 1. The highest BCUT2D eigenvalue weighted by molar-refractivity contribution is 5.99. The second-order valence-electron chi connectivity index (χ2n) is 10.6. The van der Waals surface area contributed by atoms with Crippen molar-refractivity contribution in [3.8, 4) is 5.69 Å². The van der Waals surface area contributed by atoms with Crippen LogP contribution < -0.4 is 0 Å². The van der Waals surface area contributed by atoms with E-state index in [1.165, 1.54) is 37.1 Å². The standard InChI is InChI=1S/C29H37FN4O2/c1-20(2)32(3)29(35)25-16-23(30)4-5-27(25)34-19-26(24-6-11-31-17-28(24)34)22-7-12-33(13-8-22)18-21-9-14-36-15-10-21/h4-6,11,16-17,19-22H,7-10,12-15,18H2,1-3H3. The van der Waals surface area contributed by atoms with E-state index in [1.807, 2.05) is 30.8 Å². The molecular weight excluding hydrogens is 455 g/mol. The maximum absolute atomic E-state index is 14.3. The van der Waals surface area contributed by atoms with Gasteiger partial charge in [-0.3, -0.25) is 9.78 Å². The van der Waals surface area contributed by atoms with Gasteiger partial charge in [-0.15, -0.1) is 0 Å². The molecule has 36 heavy (non-hydrogen) atoms. The van der Waals surface area contributed by atoms with Crippen LogP contribution in [-0.4, -0.2) is 71.2 Å². The number of likely N-dealkylation sites (tertiary alicyclic amines) is 1. The highest BCUT2D eigenvalue weighted by atomic mass is 19.1. The van der Waals surface area contributed by atoms with Crippen LogP contribution in [0, 0.1) is 11.7 Å². The lowest BCUT2D eigenvalue weighted by molar-refractivity contribution is 0.0488. The predicted octanol–water partition coefficient (Wildman–Crippen LogP) is 5.25. The summed E-state index contributed by atoms with van der Waals surface area (Å²) in [4.78, 5) is 21.9. The number of aromatic nitrogens is 2. The van der Waals surface area contributed by atoms with E-state index >= 15 is 0 Å². The molecule has 0 spiro atoms. The summed E-state index contributed by atoms with van der Waals surface area (Å²) in [5.41, 5.74) is 3.29. The first-order valence-electron chi connectivity index (χ1n) is 13.2. The third kappa shape index (κ3) is 5.04. The van der Waals surface area contributed by atoms with Gasteiger partial charge in [-0.25, -0.2) is 4.39 Å². The maximum atomic E-state index is 14.3. The van der Waals surface area contributed by atoms with Crippen LogP contribution in [0.25, 0.3) is 16.6 Å². The zero-order valence-electron chi connectivity index (χ0n) is 21.6. The number of hydrogen-bond acceptors (Lipinski definition) is 4. The highest BCUT2D eigenvalue weighted by Gasteiger charge is 2.27. The van der Waals surface area contributed by atoms with Crippen LogP contribution in [-0.2, 0) is 4.74 Å². The van der Waals surface area contributed by atoms with Gasteiger partial charge in [0.2, 0.25) is 0 Å². The number of piperidine rings is 1. The van der Waals surface area contributed by atoms with E-state index < -0.39 is 5.82 Å². The van der Waals surface area contributed by atoms with Crippen molar-refractivity contribution in [2.75, 3.05) is 39.9 Å². The average Bonchev–Trinajstić information content (AvgIpc) is 3.28. The maximum Gasteiger partial charge on any atom is 0.256 e. The van der Waals surface area contributed by atoms with Crippen molar-refractivity contribution in [1.82, 2.24) is 19.4 Å². The fourth-order valence-electron chi connectivity index (χ4n) is 5.66. The summed E-state index contributed by atoms with van der Waals surface area (Å²) in [5.74, 6) is 0.598. The lowest BCUT2D eigenvalue weighted by Crippen LogP contribution is -2.38. The number of pyridine rings is 1. The smallest absolute Gasteiger partial charge is 0.256 e. The van der Waals surface area contributed by atoms with E-state index in [0.29, 0.717) is 17.2 Å². The van der Waals surface area contributed by atoms with Crippen molar-refractivity contribution in [3.63, 3.8) is 0 Å². The second kappa shape index (κ2) is 10.7. The quantitative estimate of drug-likeness (QED) is 0.472. The molecule has 2 fully saturated rings. The van der Waals surface area contributed by atoms with Crippen molar-refractivity contribution in [2.45, 2.75) is 51.5 Å². The van der Waals surface area contributed by atoms with Gasteiger partial charge in [0.05, 0.1) is 23.0 Å². The van der Waals surface area contributed by atoms with Crippen molar-refractivity contribution >= 4 is 16.8 Å². The molecule has 5 rings (SSSR count). The largest absolute Gasteiger partial charge is 0.381 e. The van der Waals surface area contributed by atoms with E-state index in [0.717, 1.165) is 56.0 Å². The molecule has 2 saturated heterocycles. The molecule has 0 atom stereocenters. The lowest BCUT2D eigenvalue weighted by atomic mass is 9.88. The summed E-state index contributed by atoms with van der Waals surface area (Å²) in [7, 11) is 1.76. The number of fused-ring (bicyclic) bond motifs is 1. The van der Waals surface area contributed by atoms with Crippen LogP contribution in [0.2, 0.25) is 0 Å². The molecule has 1 aromatic carbocycles. The zero-order chi connectivity index (χ0) is 25.2. The second-order valence-corrected chi connectivity index (χ2v) is 10.6. The van der Waals surface area contributed by atoms with Gasteiger partial charge < -0.3 is 19.1 Å². The monoisotopic (exact) mass is 492 g/mol. The number of ether oxygens (including phenoxy) is 1. The minimum atomic E-state index is -0.411. The number of halogens is 1. The summed E-state index contributed by atoms with van der Waals surface area (Å²) in [6.07, 6.45) is 10.4. The minimum absolute atomic E-state index is 0.0126. The molecule has 7 heteroatoms. The summed E-state index contributed by atoms with van der Waals surface area (Å²) in [5, 5.41) is 1.16. The average molecular weight is 493 g/mol. The van der Waals surface area contributed by atoms with E-state index in [1.54, 1.807) is 18.0 Å². The van der Waals surface area contributed by atoms with Gasteiger partial charge in [-0.1, -0.05) is 0 Å². The van der Waals surface area contributed by atoms with Crippen LogP contribution in [0.4, 0.5) is 4.39 Å². The van der Waals surface area contributed by atoms with Gasteiger partial charge in [-0.05, 0) is 94.3 Å². The molecule has 0 N–H and O–H groups in total. The molecule has 3 aromatic rings. The molecule has 192 valence electrons. The molecule has 2 aliphatic rings. The molecule has 0 bridgehead atoms. The van der Waals surface area contributed by atoms with E-state index in [4.69, 9.17) is 4.74 Å². The Bertz CT molecular complexity index is 1210. The van der Waals surface area contributed by atoms with Crippen LogP contribution >= 0.6 is 0 Å². The van der Waals surface area contributed by atoms with Gasteiger partial charge in [0, 0.05) is 50.6 Å². The number of nitrogens with zero attached hydrogens (tertiary/aromatic N) is 4. The third-order valence-corrected chi connectivity index (χ3v) is 8.07. The molecule has 0 radical (unpaired) electrons. The van der Waals surface area contributed by atoms with Gasteiger partial charge >= 0.3 is 0 Å². The first kappa shape index (κ1) is 24.9. The molecule has 0 saturated carbocycles. The molecule has 0 unspecified atom stereocenters. The Hall–Kier alpha value is -2.77. The lowest BCUT2D eigenvalue weighted by Gasteiger charge is -2.35. The summed E-state index contributed by atoms with van der Waals surface area (Å²) in [6.45, 7) is 9.08. The van der Waals surface area contributed by atoms with Crippen molar-refractivity contribution in [3.05, 3.63) is 59.8 Å². The Morgan fingerprint density at radius 3 is 2.64 bits per heavy atom. The van der Waals surface area contributed by atoms with Crippen LogP contribution in [0.5, 0.6) is 0 Å². The number of hydrogen-bond donors (Lipinski definition) is 0. The molecule has 6 nitrogen and oxygen atoms in total. The van der Waals surface area contributed by atoms with Crippen molar-refractivity contribution in [2.24, 2.45) is 5.92 Å². The number of carbonyl (C=O) groups is 1. The molecule has 4 heterocycles. The molecule has 2 aromatic heterocycles. The number of amides is 1. The van der Waals surface area contributed by atoms with Gasteiger partial charge in [-0.2, -0.15) is 0 Å². The number of benzene rings is 1. The molecule has 1 amide bonds. The first-order chi connectivity index (χ1) is 17.4. The predicted molar refractivity (Wildman–Crippen MR) is 140 cm³/mol. The van der Waals surface area contributed by atoms with Crippen LogP contribution in [0.3, 0.4) is 0 Å². The summed E-state index contributed by atoms with van der Waals surface area (Å²) >= 11 is 0. The van der Waals surface area contributed by atoms with Crippen molar-refractivity contribution in [1.29, 1.82) is 0 Å². The van der Waals surface area contributed by atoms with E-state index in [9.17, 15) is 9.18 Å².